The average Bonchev–Trinajstić information content (AvgIpc) is 2.63. The Bertz CT molecular complexity index is 1030. The van der Waals surface area contributed by atoms with Gasteiger partial charge in [-0.05, 0) is 35.2 Å². The molecule has 0 saturated carbocycles. The molecule has 3 aromatic carbocycles. The van der Waals surface area contributed by atoms with Gasteiger partial charge in [-0.3, -0.25) is 4.79 Å². The van der Waals surface area contributed by atoms with Gasteiger partial charge in [0.25, 0.3) is 0 Å². The van der Waals surface area contributed by atoms with E-state index in [9.17, 15) is 4.79 Å². The molecule has 4 nitrogen and oxygen atoms in total. The fourth-order valence-corrected chi connectivity index (χ4v) is 4.44. The summed E-state index contributed by atoms with van der Waals surface area (Å²) >= 11 is 0. The number of fused-ring (bicyclic) bond motifs is 7. The summed E-state index contributed by atoms with van der Waals surface area (Å²) in [5.74, 6) is -0.264. The summed E-state index contributed by atoms with van der Waals surface area (Å²) in [7, 11) is 0. The summed E-state index contributed by atoms with van der Waals surface area (Å²) in [4.78, 5) is 11.5. The number of hydrogen-bond acceptors (Lipinski definition) is 4. The monoisotopic (exact) mass is 347 g/mol. The summed E-state index contributed by atoms with van der Waals surface area (Å²) in [5.41, 5.74) is 2.30. The standard InChI is InChI=1S/C22H21NO3/c1-12-22(26-13(2)24)19-11-20(25-12)17-8-7-16-9-14-5-3-4-6-15(14)10-18(16)21(17)23-19/h3-10,12,19-20,22-23H,11H2,1-2H3/t12-,19+,20+,22-/m0/s1. The maximum absolute atomic E-state index is 11.5. The van der Waals surface area contributed by atoms with Crippen LogP contribution in [-0.2, 0) is 14.3 Å². The number of rotatable bonds is 1. The van der Waals surface area contributed by atoms with Gasteiger partial charge >= 0.3 is 5.97 Å². The zero-order valence-electron chi connectivity index (χ0n) is 14.9. The zero-order chi connectivity index (χ0) is 17.8. The second-order valence-electron chi connectivity index (χ2n) is 7.34. The van der Waals surface area contributed by atoms with Gasteiger partial charge in [-0.15, -0.1) is 0 Å². The quantitative estimate of drug-likeness (QED) is 0.517. The van der Waals surface area contributed by atoms with Gasteiger partial charge in [-0.25, -0.2) is 0 Å². The van der Waals surface area contributed by atoms with Crippen molar-refractivity contribution in [3.05, 3.63) is 54.1 Å². The summed E-state index contributed by atoms with van der Waals surface area (Å²) in [6.45, 7) is 3.44. The van der Waals surface area contributed by atoms with Crippen molar-refractivity contribution in [1.29, 1.82) is 0 Å². The van der Waals surface area contributed by atoms with E-state index in [0.717, 1.165) is 12.1 Å². The molecule has 0 spiro atoms. The first-order chi connectivity index (χ1) is 12.6. The Morgan fingerprint density at radius 2 is 1.88 bits per heavy atom. The van der Waals surface area contributed by atoms with Crippen LogP contribution >= 0.6 is 0 Å². The average molecular weight is 347 g/mol. The highest BCUT2D eigenvalue weighted by Crippen LogP contribution is 2.45. The van der Waals surface area contributed by atoms with Crippen molar-refractivity contribution in [3.63, 3.8) is 0 Å². The molecule has 0 radical (unpaired) electrons. The topological polar surface area (TPSA) is 47.6 Å². The van der Waals surface area contributed by atoms with Crippen LogP contribution < -0.4 is 5.32 Å². The molecule has 2 bridgehead atoms. The van der Waals surface area contributed by atoms with Crippen molar-refractivity contribution in [1.82, 2.24) is 0 Å². The van der Waals surface area contributed by atoms with E-state index in [0.29, 0.717) is 0 Å². The van der Waals surface area contributed by atoms with E-state index in [1.165, 1.54) is 34.0 Å². The maximum Gasteiger partial charge on any atom is 0.303 e. The van der Waals surface area contributed by atoms with Gasteiger partial charge in [0.2, 0.25) is 0 Å². The van der Waals surface area contributed by atoms with Crippen molar-refractivity contribution < 1.29 is 14.3 Å². The normalized spacial score (nSPS) is 27.0. The van der Waals surface area contributed by atoms with Crippen LogP contribution in [0.1, 0.15) is 31.9 Å². The largest absolute Gasteiger partial charge is 0.458 e. The first-order valence-electron chi connectivity index (χ1n) is 9.15. The Kier molecular flexibility index (Phi) is 3.44. The van der Waals surface area contributed by atoms with E-state index in [2.05, 4.69) is 53.8 Å². The molecule has 0 unspecified atom stereocenters. The number of nitrogens with one attached hydrogen (secondary N) is 1. The summed E-state index contributed by atoms with van der Waals surface area (Å²) < 4.78 is 11.8. The Morgan fingerprint density at radius 3 is 2.65 bits per heavy atom. The number of ether oxygens (including phenoxy) is 2. The van der Waals surface area contributed by atoms with Gasteiger partial charge in [-0.2, -0.15) is 0 Å². The van der Waals surface area contributed by atoms with Crippen LogP contribution in [0.15, 0.2) is 48.5 Å². The molecule has 2 aliphatic heterocycles. The maximum atomic E-state index is 11.5. The van der Waals surface area contributed by atoms with Crippen LogP contribution in [0.25, 0.3) is 21.5 Å². The third kappa shape index (κ3) is 2.36. The number of carbonyl (C=O) groups excluding carboxylic acids is 1. The first-order valence-corrected chi connectivity index (χ1v) is 9.15. The lowest BCUT2D eigenvalue weighted by Gasteiger charge is -2.45. The minimum absolute atomic E-state index is 0.0360. The minimum Gasteiger partial charge on any atom is -0.458 e. The SMILES string of the molecule is CC(=O)O[C@H]1[C@H](C)O[C@@H]2C[C@H]1Nc1c2ccc2cc3ccccc3cc12. The molecule has 2 aliphatic rings. The van der Waals surface area contributed by atoms with Crippen molar-refractivity contribution in [2.45, 2.75) is 44.6 Å². The van der Waals surface area contributed by atoms with Crippen molar-refractivity contribution in [3.8, 4) is 0 Å². The molecule has 0 amide bonds. The minimum atomic E-state index is -0.271. The summed E-state index contributed by atoms with van der Waals surface area (Å²) in [6, 6.07) is 17.3. The van der Waals surface area contributed by atoms with E-state index >= 15 is 0 Å². The molecule has 5 rings (SSSR count). The highest BCUT2D eigenvalue weighted by molar-refractivity contribution is 6.05. The second kappa shape index (κ2) is 5.71. The fraction of sp³-hybridized carbons (Fsp3) is 0.318. The molecule has 0 aromatic heterocycles. The van der Waals surface area contributed by atoms with E-state index in [4.69, 9.17) is 9.47 Å². The zero-order valence-corrected chi connectivity index (χ0v) is 14.9. The molecule has 3 aromatic rings. The van der Waals surface area contributed by atoms with Gasteiger partial charge in [0.15, 0.2) is 0 Å². The van der Waals surface area contributed by atoms with Gasteiger partial charge in [0, 0.05) is 30.0 Å². The predicted octanol–water partition coefficient (Wildman–Crippen LogP) is 4.57. The van der Waals surface area contributed by atoms with E-state index in [-0.39, 0.29) is 30.3 Å². The van der Waals surface area contributed by atoms with Gasteiger partial charge in [0.05, 0.1) is 18.2 Å². The van der Waals surface area contributed by atoms with Crippen molar-refractivity contribution >= 4 is 33.2 Å². The second-order valence-corrected chi connectivity index (χ2v) is 7.34. The number of benzene rings is 3. The number of anilines is 1. The Labute approximate surface area is 152 Å². The van der Waals surface area contributed by atoms with Crippen LogP contribution in [0.2, 0.25) is 0 Å². The first kappa shape index (κ1) is 15.6. The number of hydrogen-bond donors (Lipinski definition) is 1. The van der Waals surface area contributed by atoms with Crippen LogP contribution in [0, 0.1) is 0 Å². The van der Waals surface area contributed by atoms with Crippen molar-refractivity contribution in [2.24, 2.45) is 0 Å². The molecular weight excluding hydrogens is 326 g/mol. The van der Waals surface area contributed by atoms with Gasteiger partial charge < -0.3 is 14.8 Å². The van der Waals surface area contributed by atoms with Gasteiger partial charge in [-0.1, -0.05) is 36.4 Å². The third-order valence-corrected chi connectivity index (χ3v) is 5.60. The Hall–Kier alpha value is -2.59. The lowest BCUT2D eigenvalue weighted by molar-refractivity contribution is -0.170. The smallest absolute Gasteiger partial charge is 0.303 e. The molecule has 1 fully saturated rings. The molecule has 1 N–H and O–H groups in total. The fourth-order valence-electron chi connectivity index (χ4n) is 4.44. The predicted molar refractivity (Wildman–Crippen MR) is 102 cm³/mol. The lowest BCUT2D eigenvalue weighted by atomic mass is 9.85. The number of esters is 1. The lowest BCUT2D eigenvalue weighted by Crippen LogP contribution is -2.52. The van der Waals surface area contributed by atoms with Crippen LogP contribution in [0.4, 0.5) is 5.69 Å². The van der Waals surface area contributed by atoms with Gasteiger partial charge in [0.1, 0.15) is 6.10 Å². The number of carbonyl (C=O) groups is 1. The van der Waals surface area contributed by atoms with Crippen LogP contribution in [0.5, 0.6) is 0 Å². The van der Waals surface area contributed by atoms with E-state index in [1.807, 2.05) is 6.92 Å². The summed E-state index contributed by atoms with van der Waals surface area (Å²) in [5, 5.41) is 8.51. The molecule has 132 valence electrons. The molecule has 4 atom stereocenters. The van der Waals surface area contributed by atoms with E-state index < -0.39 is 0 Å². The molecule has 2 heterocycles. The van der Waals surface area contributed by atoms with Crippen LogP contribution in [-0.4, -0.2) is 24.2 Å². The third-order valence-electron chi connectivity index (χ3n) is 5.60. The molecule has 0 aliphatic carbocycles. The van der Waals surface area contributed by atoms with Crippen molar-refractivity contribution in [2.75, 3.05) is 5.32 Å². The molecular formula is C22H21NO3. The molecule has 26 heavy (non-hydrogen) atoms. The molecule has 4 heteroatoms. The highest BCUT2D eigenvalue weighted by Gasteiger charge is 2.43. The summed E-state index contributed by atoms with van der Waals surface area (Å²) in [6.07, 6.45) is 0.450. The Morgan fingerprint density at radius 1 is 1.12 bits per heavy atom. The molecule has 1 saturated heterocycles. The van der Waals surface area contributed by atoms with Crippen LogP contribution in [0.3, 0.4) is 0 Å². The van der Waals surface area contributed by atoms with E-state index in [1.54, 1.807) is 0 Å². The highest BCUT2D eigenvalue weighted by atomic mass is 16.6. The Balaban J connectivity index is 1.66.